The van der Waals surface area contributed by atoms with Gasteiger partial charge < -0.3 is 15.4 Å². The molecular formula is C16H18N8O3. The third-order valence-electron chi connectivity index (χ3n) is 3.61. The summed E-state index contributed by atoms with van der Waals surface area (Å²) < 4.78 is 6.27. The number of nitrogens with two attached hydrogens (primary N) is 1. The quantitative estimate of drug-likeness (QED) is 0.577. The highest BCUT2D eigenvalue weighted by atomic mass is 16.5. The highest BCUT2D eigenvalue weighted by Gasteiger charge is 2.11. The second-order valence-electron chi connectivity index (χ2n) is 5.85. The molecule has 0 atom stereocenters. The van der Waals surface area contributed by atoms with Crippen molar-refractivity contribution in [3.63, 3.8) is 0 Å². The number of benzene rings is 1. The Morgan fingerprint density at radius 2 is 2.00 bits per heavy atom. The highest BCUT2D eigenvalue weighted by Crippen LogP contribution is 2.07. The zero-order valence-electron chi connectivity index (χ0n) is 14.9. The first-order valence-corrected chi connectivity index (χ1v) is 8.10. The molecule has 0 bridgehead atoms. The molecule has 0 saturated carbocycles. The zero-order valence-corrected chi connectivity index (χ0v) is 14.9. The molecule has 0 aliphatic carbocycles. The van der Waals surface area contributed by atoms with E-state index in [4.69, 9.17) is 10.5 Å². The third-order valence-corrected chi connectivity index (χ3v) is 3.61. The van der Waals surface area contributed by atoms with Crippen LogP contribution in [0.4, 0.5) is 11.9 Å². The van der Waals surface area contributed by atoms with Crippen LogP contribution in [0.1, 0.15) is 12.2 Å². The lowest BCUT2D eigenvalue weighted by Crippen LogP contribution is -2.25. The van der Waals surface area contributed by atoms with Gasteiger partial charge in [0.05, 0.1) is 18.4 Å². The molecule has 0 fully saturated rings. The summed E-state index contributed by atoms with van der Waals surface area (Å²) in [6, 6.07) is 6.87. The van der Waals surface area contributed by atoms with Crippen molar-refractivity contribution in [3.05, 3.63) is 40.4 Å². The number of carbonyl (C=O) groups is 1. The molecule has 140 valence electrons. The number of carbonyl (C=O) groups excluding carboxylic acids is 1. The van der Waals surface area contributed by atoms with Crippen LogP contribution in [0.15, 0.2) is 29.1 Å². The maximum absolute atomic E-state index is 12.3. The second-order valence-corrected chi connectivity index (χ2v) is 5.85. The van der Waals surface area contributed by atoms with Gasteiger partial charge in [0, 0.05) is 14.1 Å². The van der Waals surface area contributed by atoms with Crippen LogP contribution in [-0.4, -0.2) is 50.0 Å². The minimum atomic E-state index is -0.526. The molecule has 0 aliphatic heterocycles. The highest BCUT2D eigenvalue weighted by molar-refractivity contribution is 5.76. The van der Waals surface area contributed by atoms with E-state index in [0.717, 1.165) is 4.68 Å². The van der Waals surface area contributed by atoms with Crippen molar-refractivity contribution < 1.29 is 9.53 Å². The summed E-state index contributed by atoms with van der Waals surface area (Å²) in [6.07, 6.45) is -0.0476. The number of rotatable bonds is 6. The van der Waals surface area contributed by atoms with Gasteiger partial charge in [-0.3, -0.25) is 9.59 Å². The Kier molecular flexibility index (Phi) is 5.20. The van der Waals surface area contributed by atoms with Crippen molar-refractivity contribution in [2.75, 3.05) is 24.7 Å². The summed E-state index contributed by atoms with van der Waals surface area (Å²) in [5, 5.41) is 8.24. The monoisotopic (exact) mass is 370 g/mol. The molecule has 0 aliphatic rings. The number of ether oxygens (including phenoxy) is 1. The number of esters is 1. The van der Waals surface area contributed by atoms with E-state index in [1.807, 2.05) is 0 Å². The predicted octanol–water partition coefficient (Wildman–Crippen LogP) is -0.242. The summed E-state index contributed by atoms with van der Waals surface area (Å²) in [4.78, 5) is 38.0. The number of aryl methyl sites for hydroxylation is 1. The molecule has 27 heavy (non-hydrogen) atoms. The molecule has 3 rings (SSSR count). The summed E-state index contributed by atoms with van der Waals surface area (Å²) >= 11 is 0. The normalized spacial score (nSPS) is 10.7. The smallest absolute Gasteiger partial charge is 0.308 e. The molecule has 2 N–H and O–H groups in total. The van der Waals surface area contributed by atoms with Gasteiger partial charge in [-0.2, -0.15) is 15.0 Å². The molecule has 2 aromatic heterocycles. The van der Waals surface area contributed by atoms with E-state index in [2.05, 4.69) is 25.3 Å². The van der Waals surface area contributed by atoms with Gasteiger partial charge in [0.25, 0.3) is 5.56 Å². The SMILES string of the molecule is CN(C)c1nc(N)nc(COC(=O)CCn2nnc3ccccc3c2=O)n1. The van der Waals surface area contributed by atoms with Gasteiger partial charge in [0.1, 0.15) is 5.52 Å². The van der Waals surface area contributed by atoms with E-state index in [9.17, 15) is 9.59 Å². The Labute approximate surface area is 153 Å². The van der Waals surface area contributed by atoms with Crippen molar-refractivity contribution in [1.82, 2.24) is 29.9 Å². The van der Waals surface area contributed by atoms with Gasteiger partial charge in [-0.25, -0.2) is 4.68 Å². The van der Waals surface area contributed by atoms with Crippen LogP contribution in [0.3, 0.4) is 0 Å². The van der Waals surface area contributed by atoms with E-state index < -0.39 is 5.97 Å². The van der Waals surface area contributed by atoms with Gasteiger partial charge in [-0.05, 0) is 12.1 Å². The number of nitrogen functional groups attached to an aromatic ring is 1. The van der Waals surface area contributed by atoms with Gasteiger partial charge in [0.15, 0.2) is 12.4 Å². The van der Waals surface area contributed by atoms with Crippen molar-refractivity contribution in [2.24, 2.45) is 0 Å². The molecule has 11 nitrogen and oxygen atoms in total. The first-order valence-electron chi connectivity index (χ1n) is 8.10. The van der Waals surface area contributed by atoms with E-state index in [1.165, 1.54) is 0 Å². The van der Waals surface area contributed by atoms with Gasteiger partial charge in [0.2, 0.25) is 11.9 Å². The van der Waals surface area contributed by atoms with Gasteiger partial charge >= 0.3 is 5.97 Å². The average molecular weight is 370 g/mol. The Morgan fingerprint density at radius 1 is 1.22 bits per heavy atom. The lowest BCUT2D eigenvalue weighted by atomic mass is 10.2. The number of hydrogen-bond donors (Lipinski definition) is 1. The van der Waals surface area contributed by atoms with Crippen LogP contribution >= 0.6 is 0 Å². The maximum Gasteiger partial charge on any atom is 0.308 e. The lowest BCUT2D eigenvalue weighted by Gasteiger charge is -2.11. The van der Waals surface area contributed by atoms with Crippen LogP contribution in [-0.2, 0) is 22.7 Å². The maximum atomic E-state index is 12.3. The van der Waals surface area contributed by atoms with Crippen molar-refractivity contribution in [1.29, 1.82) is 0 Å². The van der Waals surface area contributed by atoms with E-state index in [1.54, 1.807) is 43.3 Å². The van der Waals surface area contributed by atoms with Crippen LogP contribution in [0, 0.1) is 0 Å². The zero-order chi connectivity index (χ0) is 19.4. The minimum absolute atomic E-state index is 0.0396. The largest absolute Gasteiger partial charge is 0.457 e. The summed E-state index contributed by atoms with van der Waals surface area (Å²) in [5.41, 5.74) is 5.81. The molecule has 0 radical (unpaired) electrons. The third kappa shape index (κ3) is 4.32. The van der Waals surface area contributed by atoms with Gasteiger partial charge in [-0.15, -0.1) is 5.10 Å². The second kappa shape index (κ2) is 7.72. The summed E-state index contributed by atoms with van der Waals surface area (Å²) in [7, 11) is 3.51. The fourth-order valence-electron chi connectivity index (χ4n) is 2.27. The number of nitrogens with zero attached hydrogens (tertiary/aromatic N) is 7. The van der Waals surface area contributed by atoms with Gasteiger partial charge in [-0.1, -0.05) is 17.3 Å². The van der Waals surface area contributed by atoms with Crippen LogP contribution in [0.2, 0.25) is 0 Å². The molecule has 1 aromatic carbocycles. The fourth-order valence-corrected chi connectivity index (χ4v) is 2.27. The molecule has 0 saturated heterocycles. The van der Waals surface area contributed by atoms with Crippen LogP contribution < -0.4 is 16.2 Å². The number of hydrogen-bond acceptors (Lipinski definition) is 10. The molecule has 11 heteroatoms. The Bertz CT molecular complexity index is 1030. The van der Waals surface area contributed by atoms with E-state index >= 15 is 0 Å². The van der Waals surface area contributed by atoms with Crippen molar-refractivity contribution in [2.45, 2.75) is 19.6 Å². The first kappa shape index (κ1) is 18.2. The standard InChI is InChI=1S/C16H18N8O3/c1-23(2)16-19-12(18-15(17)20-16)9-27-13(25)7-8-24-14(26)10-5-3-4-6-11(10)21-22-24/h3-6H,7-9H2,1-2H3,(H2,17,18,19,20). The number of aromatic nitrogens is 6. The van der Waals surface area contributed by atoms with Crippen molar-refractivity contribution >= 4 is 28.8 Å². The Hall–Kier alpha value is -3.63. The Morgan fingerprint density at radius 3 is 2.78 bits per heavy atom. The summed E-state index contributed by atoms with van der Waals surface area (Å²) in [5.74, 6) is 0.119. The molecule has 0 unspecified atom stereocenters. The lowest BCUT2D eigenvalue weighted by molar-refractivity contribution is -0.145. The van der Waals surface area contributed by atoms with Crippen molar-refractivity contribution in [3.8, 4) is 0 Å². The van der Waals surface area contributed by atoms with Crippen LogP contribution in [0.5, 0.6) is 0 Å². The summed E-state index contributed by atoms with van der Waals surface area (Å²) in [6.45, 7) is -0.0948. The molecule has 3 aromatic rings. The molecule has 2 heterocycles. The van der Waals surface area contributed by atoms with E-state index in [-0.39, 0.29) is 36.9 Å². The predicted molar refractivity (Wildman–Crippen MR) is 96.8 cm³/mol. The molecule has 0 spiro atoms. The average Bonchev–Trinajstić information content (AvgIpc) is 2.65. The number of fused-ring (bicyclic) bond motifs is 1. The first-order chi connectivity index (χ1) is 12.9. The Balaban J connectivity index is 1.61. The van der Waals surface area contributed by atoms with Crippen LogP contribution in [0.25, 0.3) is 10.9 Å². The molecule has 0 amide bonds. The van der Waals surface area contributed by atoms with E-state index in [0.29, 0.717) is 16.9 Å². The topological polar surface area (TPSA) is 142 Å². The fraction of sp³-hybridized carbons (Fsp3) is 0.312. The minimum Gasteiger partial charge on any atom is -0.457 e. The molecular weight excluding hydrogens is 352 g/mol. The number of anilines is 2.